The smallest absolute Gasteiger partial charge is 0.266 e. The van der Waals surface area contributed by atoms with Gasteiger partial charge in [0, 0.05) is 31.2 Å². The van der Waals surface area contributed by atoms with Gasteiger partial charge in [-0.15, -0.1) is 5.10 Å². The van der Waals surface area contributed by atoms with E-state index in [1.807, 2.05) is 67.9 Å². The summed E-state index contributed by atoms with van der Waals surface area (Å²) in [6.07, 6.45) is 10.6. The number of rotatable bonds is 6. The Morgan fingerprint density at radius 2 is 1.90 bits per heavy atom. The molecule has 0 spiro atoms. The number of anilines is 1. The third kappa shape index (κ3) is 4.39. The van der Waals surface area contributed by atoms with Crippen LogP contribution in [0.4, 0.5) is 5.82 Å². The van der Waals surface area contributed by atoms with Crippen LogP contribution in [0.25, 0.3) is 34.4 Å². The molecule has 0 fully saturated rings. The maximum Gasteiger partial charge on any atom is 0.266 e. The van der Waals surface area contributed by atoms with Gasteiger partial charge in [0.15, 0.2) is 11.5 Å². The molecule has 6 aromatic rings. The van der Waals surface area contributed by atoms with E-state index in [2.05, 4.69) is 20.5 Å². The van der Waals surface area contributed by atoms with E-state index in [0.29, 0.717) is 28.1 Å². The molecule has 0 bridgehead atoms. The van der Waals surface area contributed by atoms with Crippen molar-refractivity contribution >= 4 is 40.4 Å². The minimum atomic E-state index is -0.669. The van der Waals surface area contributed by atoms with Gasteiger partial charge in [-0.1, -0.05) is 42.5 Å². The molecule has 3 N–H and O–H groups in total. The number of hydrogen-bond donors (Lipinski definition) is 2. The number of nitrogen functional groups attached to an aromatic ring is 1. The summed E-state index contributed by atoms with van der Waals surface area (Å²) in [6.45, 7) is 1.77. The zero-order chi connectivity index (χ0) is 27.8. The average molecular weight is 532 g/mol. The van der Waals surface area contributed by atoms with Gasteiger partial charge in [0.25, 0.3) is 11.5 Å². The van der Waals surface area contributed by atoms with Crippen LogP contribution in [0.1, 0.15) is 40.3 Å². The van der Waals surface area contributed by atoms with E-state index >= 15 is 0 Å². The highest BCUT2D eigenvalue weighted by Crippen LogP contribution is 2.23. The molecule has 4 heterocycles. The number of nitrogens with zero attached hydrogens (tertiary/aromatic N) is 7. The number of aryl methyl sites for hydroxylation is 1. The monoisotopic (exact) mass is 531 g/mol. The van der Waals surface area contributed by atoms with Gasteiger partial charge in [0.2, 0.25) is 0 Å². The number of carbonyl (C=O) groups excluding carboxylic acids is 1. The summed E-state index contributed by atoms with van der Waals surface area (Å²) in [6, 6.07) is 15.8. The van der Waals surface area contributed by atoms with Crippen molar-refractivity contribution in [2.24, 2.45) is 7.05 Å². The third-order valence-electron chi connectivity index (χ3n) is 6.53. The first-order chi connectivity index (χ1) is 19.4. The Hall–Kier alpha value is -5.58. The number of nitrogens with one attached hydrogen (secondary N) is 1. The molecule has 6 rings (SSSR count). The van der Waals surface area contributed by atoms with Crippen molar-refractivity contribution in [3.05, 3.63) is 112 Å². The van der Waals surface area contributed by atoms with E-state index < -0.39 is 11.9 Å². The molecule has 11 nitrogen and oxygen atoms in total. The molecule has 4 aromatic heterocycles. The molecular formula is C29H25N9O2. The molecule has 0 saturated carbocycles. The van der Waals surface area contributed by atoms with E-state index in [9.17, 15) is 9.59 Å². The lowest BCUT2D eigenvalue weighted by atomic mass is 10.1. The number of fused-ring (bicyclic) bond motifs is 2. The molecule has 1 atom stereocenters. The highest BCUT2D eigenvalue weighted by Gasteiger charge is 2.24. The van der Waals surface area contributed by atoms with Gasteiger partial charge in [-0.25, -0.2) is 14.5 Å². The van der Waals surface area contributed by atoms with Crippen LogP contribution >= 0.6 is 0 Å². The van der Waals surface area contributed by atoms with E-state index in [4.69, 9.17) is 10.7 Å². The maximum absolute atomic E-state index is 14.2. The molecule has 0 aliphatic rings. The number of amides is 1. The Balaban J connectivity index is 1.46. The highest BCUT2D eigenvalue weighted by molar-refractivity contribution is 6.04. The maximum atomic E-state index is 14.2. The third-order valence-corrected chi connectivity index (χ3v) is 6.53. The number of nitrogens with two attached hydrogens (primary N) is 1. The molecule has 40 heavy (non-hydrogen) atoms. The Labute approximate surface area is 228 Å². The van der Waals surface area contributed by atoms with Gasteiger partial charge in [-0.2, -0.15) is 5.10 Å². The van der Waals surface area contributed by atoms with Gasteiger partial charge in [0.1, 0.15) is 11.4 Å². The van der Waals surface area contributed by atoms with Gasteiger partial charge in [0.05, 0.1) is 28.8 Å². The predicted octanol–water partition coefficient (Wildman–Crippen LogP) is 3.41. The summed E-state index contributed by atoms with van der Waals surface area (Å²) in [7, 11) is 1.85. The Bertz CT molecular complexity index is 1970. The number of benzene rings is 2. The summed E-state index contributed by atoms with van der Waals surface area (Å²) in [4.78, 5) is 36.7. The van der Waals surface area contributed by atoms with Crippen molar-refractivity contribution in [3.8, 4) is 5.69 Å². The number of hydrogen-bond acceptors (Lipinski definition) is 7. The zero-order valence-electron chi connectivity index (χ0n) is 21.8. The van der Waals surface area contributed by atoms with Gasteiger partial charge in [-0.05, 0) is 36.8 Å². The quantitative estimate of drug-likeness (QED) is 0.336. The van der Waals surface area contributed by atoms with E-state index in [-0.39, 0.29) is 16.9 Å². The fraction of sp³-hybridized carbons (Fsp3) is 0.103. The first-order valence-corrected chi connectivity index (χ1v) is 12.6. The van der Waals surface area contributed by atoms with Crippen LogP contribution in [0.5, 0.6) is 0 Å². The summed E-state index contributed by atoms with van der Waals surface area (Å²) >= 11 is 0. The van der Waals surface area contributed by atoms with Gasteiger partial charge < -0.3 is 11.1 Å². The van der Waals surface area contributed by atoms with Crippen molar-refractivity contribution in [3.63, 3.8) is 0 Å². The van der Waals surface area contributed by atoms with Crippen LogP contribution < -0.4 is 16.6 Å². The van der Waals surface area contributed by atoms with Crippen molar-refractivity contribution in [2.75, 3.05) is 5.73 Å². The van der Waals surface area contributed by atoms with Crippen molar-refractivity contribution in [1.82, 2.24) is 39.2 Å². The lowest BCUT2D eigenvalue weighted by Crippen LogP contribution is -2.33. The van der Waals surface area contributed by atoms with Crippen LogP contribution in [0.3, 0.4) is 0 Å². The van der Waals surface area contributed by atoms with E-state index in [1.165, 1.54) is 9.08 Å². The molecule has 0 radical (unpaired) electrons. The normalized spacial score (nSPS) is 12.3. The van der Waals surface area contributed by atoms with Crippen LogP contribution in [0.2, 0.25) is 0 Å². The fourth-order valence-electron chi connectivity index (χ4n) is 4.70. The lowest BCUT2D eigenvalue weighted by molar-refractivity contribution is 0.0940. The van der Waals surface area contributed by atoms with Crippen molar-refractivity contribution < 1.29 is 4.79 Å². The summed E-state index contributed by atoms with van der Waals surface area (Å²) < 4.78 is 4.70. The second-order valence-electron chi connectivity index (χ2n) is 9.31. The standard InChI is InChI=1S/C29H25N9O2/c1-18(33-28(39)24-25(30)35-37-15-7-14-31-27(24)37)26-34-22-11-6-8-20(13-12-19-16-32-36(2)17-19)23(22)29(40)38(26)21-9-4-3-5-10-21/h3-18H,1-2H3,(H2,30,35)(H,33,39)/b13-12-/t18-/m0/s1. The zero-order valence-corrected chi connectivity index (χ0v) is 21.8. The minimum absolute atomic E-state index is 0.0559. The topological polar surface area (TPSA) is 138 Å². The van der Waals surface area contributed by atoms with E-state index in [1.54, 1.807) is 42.3 Å². The number of para-hydroxylation sites is 1. The van der Waals surface area contributed by atoms with E-state index in [0.717, 1.165) is 11.1 Å². The SMILES string of the molecule is C[C@H](NC(=O)c1c(N)nn2cccnc12)c1nc2cccc(/C=C\c3cnn(C)c3)c2c(=O)n1-c1ccccc1. The highest BCUT2D eigenvalue weighted by atomic mass is 16.2. The van der Waals surface area contributed by atoms with Crippen LogP contribution in [-0.4, -0.2) is 39.8 Å². The van der Waals surface area contributed by atoms with Crippen LogP contribution in [0, 0.1) is 0 Å². The second-order valence-corrected chi connectivity index (χ2v) is 9.31. The first-order valence-electron chi connectivity index (χ1n) is 12.6. The molecule has 0 unspecified atom stereocenters. The molecule has 0 aliphatic carbocycles. The number of aromatic nitrogens is 7. The fourth-order valence-corrected chi connectivity index (χ4v) is 4.70. The second kappa shape index (κ2) is 9.95. The molecule has 0 aliphatic heterocycles. The molecule has 198 valence electrons. The lowest BCUT2D eigenvalue weighted by Gasteiger charge is -2.20. The molecule has 0 saturated heterocycles. The van der Waals surface area contributed by atoms with Crippen LogP contribution in [-0.2, 0) is 7.05 Å². The number of carbonyl (C=O) groups is 1. The Morgan fingerprint density at radius 1 is 1.07 bits per heavy atom. The molecule has 1 amide bonds. The largest absolute Gasteiger partial charge is 0.381 e. The summed E-state index contributed by atoms with van der Waals surface area (Å²) in [5.74, 6) is -0.0466. The minimum Gasteiger partial charge on any atom is -0.381 e. The molecular weight excluding hydrogens is 506 g/mol. The molecule has 2 aromatic carbocycles. The average Bonchev–Trinajstić information content (AvgIpc) is 3.53. The van der Waals surface area contributed by atoms with Gasteiger partial charge >= 0.3 is 0 Å². The van der Waals surface area contributed by atoms with Gasteiger partial charge in [-0.3, -0.25) is 18.8 Å². The summed E-state index contributed by atoms with van der Waals surface area (Å²) in [5.41, 5.74) is 9.07. The first kappa shape index (κ1) is 24.7. The van der Waals surface area contributed by atoms with Crippen LogP contribution in [0.15, 0.2) is 84.2 Å². The Kier molecular flexibility index (Phi) is 6.15. The predicted molar refractivity (Wildman–Crippen MR) is 153 cm³/mol. The molecule has 11 heteroatoms. The van der Waals surface area contributed by atoms with Crippen molar-refractivity contribution in [1.29, 1.82) is 0 Å². The van der Waals surface area contributed by atoms with Crippen molar-refractivity contribution in [2.45, 2.75) is 13.0 Å². The Morgan fingerprint density at radius 3 is 2.67 bits per heavy atom. The summed E-state index contributed by atoms with van der Waals surface area (Å²) in [5, 5.41) is 11.8.